The molecule has 1 amide bonds. The summed E-state index contributed by atoms with van der Waals surface area (Å²) in [5.41, 5.74) is 0.193. The Kier molecular flexibility index (Phi) is 3.99. The first-order valence-corrected chi connectivity index (χ1v) is 6.56. The number of aryl methyl sites for hydroxylation is 1. The molecule has 1 saturated heterocycles. The van der Waals surface area contributed by atoms with Crippen LogP contribution in [-0.2, 0) is 6.54 Å². The lowest BCUT2D eigenvalue weighted by molar-refractivity contribution is 0.0391. The maximum atomic E-state index is 12.2. The third-order valence-electron chi connectivity index (χ3n) is 3.40. The second kappa shape index (κ2) is 5.52. The van der Waals surface area contributed by atoms with Crippen LogP contribution in [0.2, 0.25) is 0 Å². The molecule has 0 aromatic carbocycles. The van der Waals surface area contributed by atoms with Gasteiger partial charge in [0.1, 0.15) is 5.69 Å². The first-order valence-electron chi connectivity index (χ1n) is 6.56. The minimum atomic E-state index is -0.159. The number of rotatable bonds is 4. The molecule has 6 nitrogen and oxygen atoms in total. The lowest BCUT2D eigenvalue weighted by atomic mass is 10.1. The maximum absolute atomic E-state index is 12.2. The van der Waals surface area contributed by atoms with Crippen molar-refractivity contribution in [3.8, 4) is 0 Å². The summed E-state index contributed by atoms with van der Waals surface area (Å²) in [5, 5.41) is 4.13. The van der Waals surface area contributed by atoms with Crippen molar-refractivity contribution in [3.63, 3.8) is 0 Å². The van der Waals surface area contributed by atoms with Gasteiger partial charge < -0.3 is 9.80 Å². The van der Waals surface area contributed by atoms with E-state index in [1.807, 2.05) is 21.0 Å². The second-order valence-corrected chi connectivity index (χ2v) is 5.11. The third kappa shape index (κ3) is 2.84. The Morgan fingerprint density at radius 3 is 2.68 bits per heavy atom. The number of carbonyl (C=O) groups excluding carboxylic acids is 1. The Morgan fingerprint density at radius 1 is 1.42 bits per heavy atom. The van der Waals surface area contributed by atoms with Gasteiger partial charge in [-0.25, -0.2) is 4.68 Å². The molecular formula is C13H20N4O2. The molecule has 0 atom stereocenters. The van der Waals surface area contributed by atoms with Gasteiger partial charge in [0, 0.05) is 31.7 Å². The highest BCUT2D eigenvalue weighted by molar-refractivity contribution is 5.92. The number of amides is 1. The van der Waals surface area contributed by atoms with Gasteiger partial charge >= 0.3 is 0 Å². The van der Waals surface area contributed by atoms with Crippen LogP contribution in [-0.4, -0.2) is 58.7 Å². The molecule has 19 heavy (non-hydrogen) atoms. The SMILES string of the molecule is CCCn1nc(C(=O)N2CC(N(C)C)C2)ccc1=O. The summed E-state index contributed by atoms with van der Waals surface area (Å²) in [6.45, 7) is 3.96. The number of aromatic nitrogens is 2. The maximum Gasteiger partial charge on any atom is 0.274 e. The van der Waals surface area contributed by atoms with Crippen LogP contribution in [0.25, 0.3) is 0 Å². The van der Waals surface area contributed by atoms with E-state index in [9.17, 15) is 9.59 Å². The zero-order valence-electron chi connectivity index (χ0n) is 11.7. The van der Waals surface area contributed by atoms with Crippen molar-refractivity contribution in [2.75, 3.05) is 27.2 Å². The first-order chi connectivity index (χ1) is 9.02. The zero-order chi connectivity index (χ0) is 14.0. The summed E-state index contributed by atoms with van der Waals surface area (Å²) in [6.07, 6.45) is 0.816. The van der Waals surface area contributed by atoms with Crippen LogP contribution in [0.3, 0.4) is 0 Å². The molecule has 0 spiro atoms. The number of hydrogen-bond donors (Lipinski definition) is 0. The van der Waals surface area contributed by atoms with Crippen LogP contribution in [0.5, 0.6) is 0 Å². The van der Waals surface area contributed by atoms with E-state index in [2.05, 4.69) is 10.00 Å². The molecule has 0 radical (unpaired) electrons. The van der Waals surface area contributed by atoms with Gasteiger partial charge in [0.15, 0.2) is 0 Å². The molecule has 0 unspecified atom stereocenters. The Morgan fingerprint density at radius 2 is 2.11 bits per heavy atom. The highest BCUT2D eigenvalue weighted by Crippen LogP contribution is 2.14. The first kappa shape index (κ1) is 13.7. The number of hydrogen-bond acceptors (Lipinski definition) is 4. The quantitative estimate of drug-likeness (QED) is 0.770. The van der Waals surface area contributed by atoms with Gasteiger partial charge in [-0.05, 0) is 26.6 Å². The van der Waals surface area contributed by atoms with Crippen LogP contribution in [0, 0.1) is 0 Å². The van der Waals surface area contributed by atoms with E-state index < -0.39 is 0 Å². The van der Waals surface area contributed by atoms with E-state index in [1.165, 1.54) is 16.8 Å². The smallest absolute Gasteiger partial charge is 0.274 e. The van der Waals surface area contributed by atoms with Crippen molar-refractivity contribution in [3.05, 3.63) is 28.2 Å². The largest absolute Gasteiger partial charge is 0.334 e. The van der Waals surface area contributed by atoms with Gasteiger partial charge in [0.05, 0.1) is 0 Å². The van der Waals surface area contributed by atoms with Crippen LogP contribution in [0.4, 0.5) is 0 Å². The second-order valence-electron chi connectivity index (χ2n) is 5.11. The molecule has 0 saturated carbocycles. The molecule has 2 rings (SSSR count). The van der Waals surface area contributed by atoms with E-state index in [1.54, 1.807) is 4.90 Å². The predicted octanol–water partition coefficient (Wildman–Crippen LogP) is 0.0393. The third-order valence-corrected chi connectivity index (χ3v) is 3.40. The molecule has 1 aliphatic heterocycles. The Hall–Kier alpha value is -1.69. The van der Waals surface area contributed by atoms with Gasteiger partial charge in [-0.15, -0.1) is 0 Å². The molecule has 1 aromatic rings. The van der Waals surface area contributed by atoms with Crippen molar-refractivity contribution in [1.82, 2.24) is 19.6 Å². The highest BCUT2D eigenvalue weighted by atomic mass is 16.2. The van der Waals surface area contributed by atoms with Crippen molar-refractivity contribution in [1.29, 1.82) is 0 Å². The molecule has 0 N–H and O–H groups in total. The summed E-state index contributed by atoms with van der Waals surface area (Å²) in [6, 6.07) is 3.35. The van der Waals surface area contributed by atoms with E-state index in [0.29, 0.717) is 18.3 Å². The van der Waals surface area contributed by atoms with Crippen LogP contribution >= 0.6 is 0 Å². The summed E-state index contributed by atoms with van der Waals surface area (Å²) >= 11 is 0. The molecule has 104 valence electrons. The summed E-state index contributed by atoms with van der Waals surface area (Å²) in [5.74, 6) is -0.0945. The van der Waals surface area contributed by atoms with Crippen molar-refractivity contribution < 1.29 is 4.79 Å². The fraction of sp³-hybridized carbons (Fsp3) is 0.615. The molecule has 6 heteroatoms. The van der Waals surface area contributed by atoms with E-state index in [0.717, 1.165) is 19.5 Å². The Bertz CT molecular complexity index is 518. The summed E-state index contributed by atoms with van der Waals surface area (Å²) < 4.78 is 1.36. The normalized spacial score (nSPS) is 15.7. The number of likely N-dealkylation sites (tertiary alicyclic amines) is 1. The molecule has 0 bridgehead atoms. The highest BCUT2D eigenvalue weighted by Gasteiger charge is 2.33. The molecule has 1 aromatic heterocycles. The predicted molar refractivity (Wildman–Crippen MR) is 72.2 cm³/mol. The minimum Gasteiger partial charge on any atom is -0.334 e. The van der Waals surface area contributed by atoms with Gasteiger partial charge in [-0.3, -0.25) is 9.59 Å². The monoisotopic (exact) mass is 264 g/mol. The van der Waals surface area contributed by atoms with E-state index in [4.69, 9.17) is 0 Å². The topological polar surface area (TPSA) is 58.4 Å². The summed E-state index contributed by atoms with van der Waals surface area (Å²) in [7, 11) is 4.01. The molecule has 1 fully saturated rings. The van der Waals surface area contributed by atoms with Gasteiger partial charge in [-0.2, -0.15) is 5.10 Å². The Labute approximate surface area is 112 Å². The van der Waals surface area contributed by atoms with Gasteiger partial charge in [0.2, 0.25) is 0 Å². The lowest BCUT2D eigenvalue weighted by Gasteiger charge is -2.42. The van der Waals surface area contributed by atoms with Crippen LogP contribution in [0.1, 0.15) is 23.8 Å². The van der Waals surface area contributed by atoms with Crippen molar-refractivity contribution in [2.24, 2.45) is 0 Å². The lowest BCUT2D eigenvalue weighted by Crippen LogP contribution is -2.59. The fourth-order valence-corrected chi connectivity index (χ4v) is 2.04. The van der Waals surface area contributed by atoms with Crippen LogP contribution < -0.4 is 5.56 Å². The molecule has 0 aliphatic carbocycles. The van der Waals surface area contributed by atoms with Crippen LogP contribution in [0.15, 0.2) is 16.9 Å². The minimum absolute atomic E-state index is 0.0945. The fourth-order valence-electron chi connectivity index (χ4n) is 2.04. The van der Waals surface area contributed by atoms with E-state index >= 15 is 0 Å². The van der Waals surface area contributed by atoms with E-state index in [-0.39, 0.29) is 11.5 Å². The van der Waals surface area contributed by atoms with Gasteiger partial charge in [-0.1, -0.05) is 6.92 Å². The van der Waals surface area contributed by atoms with Crippen molar-refractivity contribution in [2.45, 2.75) is 25.9 Å². The molecule has 1 aliphatic rings. The number of nitrogens with zero attached hydrogens (tertiary/aromatic N) is 4. The number of likely N-dealkylation sites (N-methyl/N-ethyl adjacent to an activating group) is 1. The molecular weight excluding hydrogens is 244 g/mol. The zero-order valence-corrected chi connectivity index (χ0v) is 11.7. The average molecular weight is 264 g/mol. The average Bonchev–Trinajstić information content (AvgIpc) is 2.29. The number of carbonyl (C=O) groups is 1. The van der Waals surface area contributed by atoms with Crippen molar-refractivity contribution >= 4 is 5.91 Å². The standard InChI is InChI=1S/C13H20N4O2/c1-4-7-17-12(18)6-5-11(14-17)13(19)16-8-10(9-16)15(2)3/h5-6,10H,4,7-9H2,1-3H3. The summed E-state index contributed by atoms with van der Waals surface area (Å²) in [4.78, 5) is 27.6. The van der Waals surface area contributed by atoms with Gasteiger partial charge in [0.25, 0.3) is 11.5 Å². The Balaban J connectivity index is 2.08. The molecule has 2 heterocycles.